The van der Waals surface area contributed by atoms with Crippen molar-refractivity contribution in [3.8, 4) is 11.4 Å². The van der Waals surface area contributed by atoms with Crippen LogP contribution in [0.15, 0.2) is 54.6 Å². The highest BCUT2D eigenvalue weighted by Crippen LogP contribution is 2.25. The van der Waals surface area contributed by atoms with E-state index in [-0.39, 0.29) is 47.1 Å². The van der Waals surface area contributed by atoms with E-state index < -0.39 is 5.97 Å². The fourth-order valence-corrected chi connectivity index (χ4v) is 4.88. The molecule has 2 heterocycles. The highest BCUT2D eigenvalue weighted by Gasteiger charge is 2.34. The Morgan fingerprint density at radius 1 is 0.951 bits per heavy atom. The lowest BCUT2D eigenvalue weighted by Crippen LogP contribution is -2.55. The number of nitrogens with zero attached hydrogens (tertiary/aromatic N) is 4. The summed E-state index contributed by atoms with van der Waals surface area (Å²) in [6, 6.07) is 16.9. The second-order valence-corrected chi connectivity index (χ2v) is 12.1. The lowest BCUT2D eigenvalue weighted by molar-refractivity contribution is 0.0399. The van der Waals surface area contributed by atoms with Gasteiger partial charge >= 0.3 is 5.97 Å². The van der Waals surface area contributed by atoms with Crippen LogP contribution in [-0.4, -0.2) is 69.8 Å². The molecule has 3 aromatic rings. The van der Waals surface area contributed by atoms with Crippen molar-refractivity contribution in [1.29, 1.82) is 0 Å². The Balaban J connectivity index is 1.59. The lowest BCUT2D eigenvalue weighted by Gasteiger charge is -2.40. The summed E-state index contributed by atoms with van der Waals surface area (Å²) in [6.07, 6.45) is 0. The van der Waals surface area contributed by atoms with Crippen LogP contribution in [0.2, 0.25) is 0 Å². The minimum atomic E-state index is -0.611. The van der Waals surface area contributed by atoms with Crippen LogP contribution in [0.4, 0.5) is 0 Å². The first-order valence-electron chi connectivity index (χ1n) is 14.2. The van der Waals surface area contributed by atoms with Crippen LogP contribution < -0.4 is 0 Å². The molecular formula is C33H40N4O4. The molecule has 41 heavy (non-hydrogen) atoms. The average molecular weight is 557 g/mol. The number of carbonyl (C=O) groups is 3. The molecule has 2 aromatic carbocycles. The zero-order chi connectivity index (χ0) is 29.9. The summed E-state index contributed by atoms with van der Waals surface area (Å²) in [5.41, 5.74) is 3.02. The first-order valence-corrected chi connectivity index (χ1v) is 14.2. The van der Waals surface area contributed by atoms with Gasteiger partial charge in [-0.05, 0) is 42.9 Å². The van der Waals surface area contributed by atoms with Gasteiger partial charge in [-0.2, -0.15) is 0 Å². The van der Waals surface area contributed by atoms with Crippen LogP contribution in [0.1, 0.15) is 84.0 Å². The fourth-order valence-electron chi connectivity index (χ4n) is 4.88. The molecule has 216 valence electrons. The SMILES string of the molecule is Cc1nc(-c2ccccc2)nc(C(=O)N2CCN(C(=O)c3ccc(C(C)(C)C)cc3)C(C)C2)c1C(=O)OCC(C)C. The van der Waals surface area contributed by atoms with Gasteiger partial charge in [0.15, 0.2) is 5.82 Å². The number of benzene rings is 2. The maximum Gasteiger partial charge on any atom is 0.342 e. The number of hydrogen-bond donors (Lipinski definition) is 0. The monoisotopic (exact) mass is 556 g/mol. The molecule has 0 aliphatic carbocycles. The summed E-state index contributed by atoms with van der Waals surface area (Å²) < 4.78 is 5.50. The standard InChI is InChI=1S/C33H40N4O4/c1-21(2)20-41-32(40)27-23(4)34-29(24-11-9-8-10-12-24)35-28(27)31(39)36-17-18-37(22(3)19-36)30(38)25-13-15-26(16-14-25)33(5,6)7/h8-16,21-22H,17-20H2,1-7H3. The number of carbonyl (C=O) groups excluding carboxylic acids is 3. The molecule has 2 amide bonds. The van der Waals surface area contributed by atoms with Crippen LogP contribution >= 0.6 is 0 Å². The van der Waals surface area contributed by atoms with E-state index in [4.69, 9.17) is 4.74 Å². The Hall–Kier alpha value is -4.07. The van der Waals surface area contributed by atoms with Crippen molar-refractivity contribution in [3.05, 3.63) is 82.7 Å². The van der Waals surface area contributed by atoms with E-state index in [1.165, 1.54) is 0 Å². The smallest absolute Gasteiger partial charge is 0.342 e. The van der Waals surface area contributed by atoms with Crippen molar-refractivity contribution >= 4 is 17.8 Å². The van der Waals surface area contributed by atoms with Gasteiger partial charge in [0, 0.05) is 36.8 Å². The summed E-state index contributed by atoms with van der Waals surface area (Å²) in [7, 11) is 0. The van der Waals surface area contributed by atoms with Gasteiger partial charge in [-0.1, -0.05) is 77.1 Å². The molecule has 1 aliphatic rings. The second-order valence-electron chi connectivity index (χ2n) is 12.1. The molecule has 1 aromatic heterocycles. The number of piperazine rings is 1. The Bertz CT molecular complexity index is 1410. The van der Waals surface area contributed by atoms with Gasteiger partial charge < -0.3 is 14.5 Å². The summed E-state index contributed by atoms with van der Waals surface area (Å²) in [5.74, 6) is -0.545. The number of aromatic nitrogens is 2. The fraction of sp³-hybridized carbons (Fsp3) is 0.424. The van der Waals surface area contributed by atoms with E-state index in [1.807, 2.05) is 75.4 Å². The van der Waals surface area contributed by atoms with Gasteiger partial charge in [-0.25, -0.2) is 14.8 Å². The normalized spacial score (nSPS) is 15.7. The summed E-state index contributed by atoms with van der Waals surface area (Å²) >= 11 is 0. The average Bonchev–Trinajstić information content (AvgIpc) is 2.94. The third-order valence-electron chi connectivity index (χ3n) is 7.25. The molecule has 0 radical (unpaired) electrons. The molecule has 0 N–H and O–H groups in total. The van der Waals surface area contributed by atoms with E-state index in [9.17, 15) is 14.4 Å². The summed E-state index contributed by atoms with van der Waals surface area (Å²) in [6.45, 7) is 15.2. The van der Waals surface area contributed by atoms with E-state index in [0.717, 1.165) is 11.1 Å². The van der Waals surface area contributed by atoms with Crippen LogP contribution in [-0.2, 0) is 10.2 Å². The van der Waals surface area contributed by atoms with Crippen LogP contribution in [0.3, 0.4) is 0 Å². The van der Waals surface area contributed by atoms with Crippen molar-refractivity contribution in [2.75, 3.05) is 26.2 Å². The van der Waals surface area contributed by atoms with E-state index in [1.54, 1.807) is 16.7 Å². The van der Waals surface area contributed by atoms with E-state index in [0.29, 0.717) is 36.7 Å². The number of aryl methyl sites for hydroxylation is 1. The quantitative estimate of drug-likeness (QED) is 0.370. The first-order chi connectivity index (χ1) is 19.4. The second kappa shape index (κ2) is 12.2. The minimum absolute atomic E-state index is 0.000639. The largest absolute Gasteiger partial charge is 0.462 e. The Morgan fingerprint density at radius 3 is 2.20 bits per heavy atom. The number of rotatable bonds is 6. The molecule has 8 nitrogen and oxygen atoms in total. The molecule has 8 heteroatoms. The van der Waals surface area contributed by atoms with Gasteiger partial charge in [0.1, 0.15) is 11.3 Å². The molecule has 1 saturated heterocycles. The molecule has 4 rings (SSSR count). The Labute approximate surface area is 242 Å². The zero-order valence-corrected chi connectivity index (χ0v) is 25.1. The number of hydrogen-bond acceptors (Lipinski definition) is 6. The highest BCUT2D eigenvalue weighted by molar-refractivity contribution is 6.05. The van der Waals surface area contributed by atoms with Gasteiger partial charge in [0.05, 0.1) is 12.3 Å². The number of ether oxygens (including phenoxy) is 1. The van der Waals surface area contributed by atoms with Crippen molar-refractivity contribution in [3.63, 3.8) is 0 Å². The molecular weight excluding hydrogens is 516 g/mol. The third kappa shape index (κ3) is 6.81. The number of amides is 2. The maximum absolute atomic E-state index is 13.9. The molecule has 1 aliphatic heterocycles. The Morgan fingerprint density at radius 2 is 1.61 bits per heavy atom. The van der Waals surface area contributed by atoms with E-state index >= 15 is 0 Å². The van der Waals surface area contributed by atoms with E-state index in [2.05, 4.69) is 30.7 Å². The van der Waals surface area contributed by atoms with Gasteiger partial charge in [0.2, 0.25) is 0 Å². The molecule has 1 unspecified atom stereocenters. The maximum atomic E-state index is 13.9. The Kier molecular flexibility index (Phi) is 8.90. The zero-order valence-electron chi connectivity index (χ0n) is 25.1. The van der Waals surface area contributed by atoms with Crippen LogP contribution in [0, 0.1) is 12.8 Å². The predicted molar refractivity (Wildman–Crippen MR) is 159 cm³/mol. The number of esters is 1. The molecule has 1 atom stereocenters. The first kappa shape index (κ1) is 29.9. The topological polar surface area (TPSA) is 92.7 Å². The molecule has 1 fully saturated rings. The highest BCUT2D eigenvalue weighted by atomic mass is 16.5. The van der Waals surface area contributed by atoms with Crippen molar-refractivity contribution in [2.45, 2.75) is 59.9 Å². The van der Waals surface area contributed by atoms with Gasteiger partial charge in [-0.3, -0.25) is 9.59 Å². The van der Waals surface area contributed by atoms with Crippen molar-refractivity contribution in [2.24, 2.45) is 5.92 Å². The summed E-state index contributed by atoms with van der Waals surface area (Å²) in [4.78, 5) is 53.1. The summed E-state index contributed by atoms with van der Waals surface area (Å²) in [5, 5.41) is 0. The van der Waals surface area contributed by atoms with Crippen molar-refractivity contribution in [1.82, 2.24) is 19.8 Å². The van der Waals surface area contributed by atoms with Gasteiger partial charge in [0.25, 0.3) is 11.8 Å². The lowest BCUT2D eigenvalue weighted by atomic mass is 9.86. The van der Waals surface area contributed by atoms with Crippen LogP contribution in [0.25, 0.3) is 11.4 Å². The van der Waals surface area contributed by atoms with Gasteiger partial charge in [-0.15, -0.1) is 0 Å². The van der Waals surface area contributed by atoms with Crippen molar-refractivity contribution < 1.29 is 19.1 Å². The molecule has 0 bridgehead atoms. The molecule has 0 saturated carbocycles. The predicted octanol–water partition coefficient (Wildman–Crippen LogP) is 5.55. The van der Waals surface area contributed by atoms with Crippen LogP contribution in [0.5, 0.6) is 0 Å². The minimum Gasteiger partial charge on any atom is -0.462 e. The molecule has 0 spiro atoms. The third-order valence-corrected chi connectivity index (χ3v) is 7.25.